The molecule has 1 N–H and O–H groups in total. The molecule has 2 aromatic heterocycles. The van der Waals surface area contributed by atoms with Gasteiger partial charge in [0.25, 0.3) is 0 Å². The van der Waals surface area contributed by atoms with E-state index in [1.165, 1.54) is 22.0 Å². The SMILES string of the molecule is CCCNC(c1ccsc1)c1cnns1. The molecule has 0 spiro atoms. The Morgan fingerprint density at radius 2 is 2.47 bits per heavy atom. The van der Waals surface area contributed by atoms with Crippen LogP contribution in [0.15, 0.2) is 23.0 Å². The second kappa shape index (κ2) is 5.34. The smallest absolute Gasteiger partial charge is 0.0711 e. The van der Waals surface area contributed by atoms with Crippen molar-refractivity contribution in [2.75, 3.05) is 6.54 Å². The summed E-state index contributed by atoms with van der Waals surface area (Å²) >= 11 is 3.18. The van der Waals surface area contributed by atoms with Gasteiger partial charge in [-0.3, -0.25) is 0 Å². The highest BCUT2D eigenvalue weighted by Crippen LogP contribution is 2.25. The van der Waals surface area contributed by atoms with Gasteiger partial charge in [0.1, 0.15) is 0 Å². The Kier molecular flexibility index (Phi) is 3.82. The van der Waals surface area contributed by atoms with E-state index < -0.39 is 0 Å². The summed E-state index contributed by atoms with van der Waals surface area (Å²) in [7, 11) is 0. The summed E-state index contributed by atoms with van der Waals surface area (Å²) < 4.78 is 3.92. The molecule has 2 aromatic rings. The number of hydrogen-bond donors (Lipinski definition) is 1. The van der Waals surface area contributed by atoms with Crippen LogP contribution in [0.5, 0.6) is 0 Å². The third kappa shape index (κ3) is 2.62. The van der Waals surface area contributed by atoms with Gasteiger partial charge in [0.05, 0.1) is 17.1 Å². The van der Waals surface area contributed by atoms with Gasteiger partial charge in [0.15, 0.2) is 0 Å². The lowest BCUT2D eigenvalue weighted by atomic mass is 10.1. The molecule has 0 bridgehead atoms. The monoisotopic (exact) mass is 239 g/mol. The Bertz CT molecular complexity index is 335. The Morgan fingerprint density at radius 3 is 3.07 bits per heavy atom. The van der Waals surface area contributed by atoms with Gasteiger partial charge >= 0.3 is 0 Å². The minimum absolute atomic E-state index is 0.260. The van der Waals surface area contributed by atoms with E-state index in [0.717, 1.165) is 13.0 Å². The largest absolute Gasteiger partial charge is 0.305 e. The maximum absolute atomic E-state index is 3.92. The van der Waals surface area contributed by atoms with E-state index in [1.807, 2.05) is 6.20 Å². The van der Waals surface area contributed by atoms with Crippen molar-refractivity contribution in [3.63, 3.8) is 0 Å². The zero-order valence-electron chi connectivity index (χ0n) is 8.51. The number of aromatic nitrogens is 2. The van der Waals surface area contributed by atoms with E-state index in [1.54, 1.807) is 11.3 Å². The summed E-state index contributed by atoms with van der Waals surface area (Å²) in [4.78, 5) is 1.18. The van der Waals surface area contributed by atoms with Crippen LogP contribution >= 0.6 is 22.9 Å². The van der Waals surface area contributed by atoms with Crippen molar-refractivity contribution in [3.05, 3.63) is 33.5 Å². The molecule has 0 fully saturated rings. The topological polar surface area (TPSA) is 37.8 Å². The first-order valence-electron chi connectivity index (χ1n) is 4.94. The molecule has 5 heteroatoms. The first-order valence-corrected chi connectivity index (χ1v) is 6.66. The molecule has 0 saturated carbocycles. The van der Waals surface area contributed by atoms with Crippen LogP contribution in [-0.4, -0.2) is 16.1 Å². The van der Waals surface area contributed by atoms with Crippen molar-refractivity contribution < 1.29 is 0 Å². The molecule has 0 radical (unpaired) electrons. The highest BCUT2D eigenvalue weighted by atomic mass is 32.1. The summed E-state index contributed by atoms with van der Waals surface area (Å²) in [6.45, 7) is 3.18. The lowest BCUT2D eigenvalue weighted by molar-refractivity contribution is 0.606. The fourth-order valence-electron chi connectivity index (χ4n) is 1.41. The lowest BCUT2D eigenvalue weighted by Crippen LogP contribution is -2.21. The second-order valence-corrected chi connectivity index (χ2v) is 4.86. The molecule has 3 nitrogen and oxygen atoms in total. The maximum Gasteiger partial charge on any atom is 0.0711 e. The van der Waals surface area contributed by atoms with Crippen LogP contribution in [0.25, 0.3) is 0 Å². The van der Waals surface area contributed by atoms with Crippen molar-refractivity contribution >= 4 is 22.9 Å². The number of thiophene rings is 1. The molecule has 0 aromatic carbocycles. The van der Waals surface area contributed by atoms with Crippen LogP contribution in [0.1, 0.15) is 29.8 Å². The normalized spacial score (nSPS) is 12.9. The van der Waals surface area contributed by atoms with Crippen LogP contribution in [0, 0.1) is 0 Å². The molecule has 80 valence electrons. The molecule has 1 atom stereocenters. The molecule has 2 heterocycles. The van der Waals surface area contributed by atoms with Gasteiger partial charge in [-0.15, -0.1) is 5.10 Å². The zero-order valence-corrected chi connectivity index (χ0v) is 10.1. The molecular formula is C10H13N3S2. The predicted molar refractivity (Wildman–Crippen MR) is 64.4 cm³/mol. The third-order valence-corrected chi connectivity index (χ3v) is 3.57. The molecule has 2 rings (SSSR count). The van der Waals surface area contributed by atoms with Crippen molar-refractivity contribution in [3.8, 4) is 0 Å². The minimum Gasteiger partial charge on any atom is -0.305 e. The summed E-state index contributed by atoms with van der Waals surface area (Å²) in [5, 5.41) is 11.7. The first kappa shape index (κ1) is 10.7. The predicted octanol–water partition coefficient (Wildman–Crippen LogP) is 2.69. The van der Waals surface area contributed by atoms with E-state index >= 15 is 0 Å². The van der Waals surface area contributed by atoms with E-state index in [4.69, 9.17) is 0 Å². The zero-order chi connectivity index (χ0) is 10.5. The molecular weight excluding hydrogens is 226 g/mol. The molecule has 15 heavy (non-hydrogen) atoms. The van der Waals surface area contributed by atoms with Crippen molar-refractivity contribution in [2.45, 2.75) is 19.4 Å². The number of nitrogens with zero attached hydrogens (tertiary/aromatic N) is 2. The third-order valence-electron chi connectivity index (χ3n) is 2.14. The van der Waals surface area contributed by atoms with Crippen molar-refractivity contribution in [1.82, 2.24) is 14.9 Å². The average molecular weight is 239 g/mol. The first-order chi connectivity index (χ1) is 7.42. The molecule has 0 aliphatic rings. The Labute approximate surface area is 97.3 Å². The average Bonchev–Trinajstić information content (AvgIpc) is 2.90. The fourth-order valence-corrected chi connectivity index (χ4v) is 2.71. The van der Waals surface area contributed by atoms with Gasteiger partial charge in [-0.2, -0.15) is 11.3 Å². The van der Waals surface area contributed by atoms with Crippen molar-refractivity contribution in [1.29, 1.82) is 0 Å². The van der Waals surface area contributed by atoms with Crippen molar-refractivity contribution in [2.24, 2.45) is 0 Å². The molecule has 0 aliphatic carbocycles. The molecule has 0 aliphatic heterocycles. The van der Waals surface area contributed by atoms with E-state index in [9.17, 15) is 0 Å². The van der Waals surface area contributed by atoms with E-state index in [-0.39, 0.29) is 6.04 Å². The van der Waals surface area contributed by atoms with Gasteiger partial charge in [0, 0.05) is 0 Å². The van der Waals surface area contributed by atoms with Gasteiger partial charge in [-0.05, 0) is 46.9 Å². The number of hydrogen-bond acceptors (Lipinski definition) is 5. The minimum atomic E-state index is 0.260. The number of nitrogens with one attached hydrogen (secondary N) is 1. The Balaban J connectivity index is 2.17. The maximum atomic E-state index is 3.92. The standard InChI is InChI=1S/C10H13N3S2/c1-2-4-11-10(8-3-5-14-7-8)9-6-12-13-15-9/h3,5-7,10-11H,2,4H2,1H3. The molecule has 0 saturated heterocycles. The van der Waals surface area contributed by atoms with Gasteiger partial charge in [-0.1, -0.05) is 11.4 Å². The number of rotatable bonds is 5. The quantitative estimate of drug-likeness (QED) is 0.871. The summed E-state index contributed by atoms with van der Waals surface area (Å²) in [5.41, 5.74) is 1.31. The fraction of sp³-hybridized carbons (Fsp3) is 0.400. The van der Waals surface area contributed by atoms with E-state index in [2.05, 4.69) is 38.7 Å². The summed E-state index contributed by atoms with van der Waals surface area (Å²) in [6, 6.07) is 2.41. The van der Waals surface area contributed by atoms with Gasteiger partial charge < -0.3 is 5.32 Å². The molecule has 0 amide bonds. The highest BCUT2D eigenvalue weighted by Gasteiger charge is 2.15. The second-order valence-electron chi connectivity index (χ2n) is 3.26. The lowest BCUT2D eigenvalue weighted by Gasteiger charge is -2.14. The van der Waals surface area contributed by atoms with E-state index in [0.29, 0.717) is 0 Å². The van der Waals surface area contributed by atoms with Gasteiger partial charge in [0.2, 0.25) is 0 Å². The van der Waals surface area contributed by atoms with Crippen LogP contribution in [0.4, 0.5) is 0 Å². The van der Waals surface area contributed by atoms with Gasteiger partial charge in [-0.25, -0.2) is 0 Å². The Hall–Kier alpha value is -0.780. The van der Waals surface area contributed by atoms with Crippen LogP contribution in [0.2, 0.25) is 0 Å². The van der Waals surface area contributed by atoms with Crippen LogP contribution < -0.4 is 5.32 Å². The Morgan fingerprint density at radius 1 is 1.53 bits per heavy atom. The van der Waals surface area contributed by atoms with Crippen LogP contribution in [0.3, 0.4) is 0 Å². The summed E-state index contributed by atoms with van der Waals surface area (Å²) in [6.07, 6.45) is 2.97. The molecule has 1 unspecified atom stereocenters. The van der Waals surface area contributed by atoms with Crippen LogP contribution in [-0.2, 0) is 0 Å². The highest BCUT2D eigenvalue weighted by molar-refractivity contribution is 7.08. The summed E-state index contributed by atoms with van der Waals surface area (Å²) in [5.74, 6) is 0.